The van der Waals surface area contributed by atoms with Crippen molar-refractivity contribution in [3.05, 3.63) is 42.1 Å². The van der Waals surface area contributed by atoms with Crippen molar-refractivity contribution in [2.24, 2.45) is 5.73 Å². The lowest BCUT2D eigenvalue weighted by atomic mass is 9.96. The molecule has 6 nitrogen and oxygen atoms in total. The molecule has 1 fully saturated rings. The van der Waals surface area contributed by atoms with Gasteiger partial charge in [-0.15, -0.1) is 0 Å². The van der Waals surface area contributed by atoms with Crippen molar-refractivity contribution in [3.63, 3.8) is 0 Å². The van der Waals surface area contributed by atoms with Crippen LogP contribution in [-0.2, 0) is 6.54 Å². The molecule has 4 N–H and O–H groups in total. The number of piperidine rings is 1. The van der Waals surface area contributed by atoms with E-state index in [1.807, 2.05) is 20.1 Å². The number of anilines is 2. The Morgan fingerprint density at radius 1 is 1.27 bits per heavy atom. The van der Waals surface area contributed by atoms with Crippen LogP contribution < -0.4 is 16.5 Å². The Bertz CT molecular complexity index is 899. The van der Waals surface area contributed by atoms with Crippen molar-refractivity contribution < 1.29 is 4.39 Å². The second kappa shape index (κ2) is 7.05. The Kier molecular flexibility index (Phi) is 4.61. The number of hydrogen-bond donors (Lipinski definition) is 3. The van der Waals surface area contributed by atoms with E-state index in [0.717, 1.165) is 54.5 Å². The van der Waals surface area contributed by atoms with Gasteiger partial charge in [0, 0.05) is 24.5 Å². The van der Waals surface area contributed by atoms with Crippen LogP contribution in [-0.4, -0.2) is 46.8 Å². The summed E-state index contributed by atoms with van der Waals surface area (Å²) in [6.07, 6.45) is 5.53. The van der Waals surface area contributed by atoms with Crippen LogP contribution in [0.5, 0.6) is 0 Å². The molecule has 4 rings (SSSR count). The fourth-order valence-electron chi connectivity index (χ4n) is 3.54. The van der Waals surface area contributed by atoms with Crippen molar-refractivity contribution in [1.82, 2.24) is 19.9 Å². The first-order valence-electron chi connectivity index (χ1n) is 8.91. The quantitative estimate of drug-likeness (QED) is 0.611. The third-order valence-electron chi connectivity index (χ3n) is 4.88. The largest absolute Gasteiger partial charge is 0.346 e. The molecular weight excluding hydrogens is 330 g/mol. The highest BCUT2D eigenvalue weighted by Crippen LogP contribution is 2.27. The standard InChI is InChI=1S/C18H22BFN6/c19-12-5-13(20)7-15(6-12)25-18-16-11(8-22-17(16)23-10-24-18)9-26-3-1-14(21)2-4-26/h5-8,10,14H,1-4,9,19,21H2,(H2,22,23,24,25). The predicted octanol–water partition coefficient (Wildman–Crippen LogP) is 1.02. The minimum Gasteiger partial charge on any atom is -0.346 e. The highest BCUT2D eigenvalue weighted by molar-refractivity contribution is 6.32. The molecule has 26 heavy (non-hydrogen) atoms. The molecule has 0 atom stereocenters. The van der Waals surface area contributed by atoms with Gasteiger partial charge in [-0.1, -0.05) is 5.46 Å². The van der Waals surface area contributed by atoms with Crippen LogP contribution in [0.4, 0.5) is 15.9 Å². The molecule has 0 unspecified atom stereocenters. The number of likely N-dealkylation sites (tertiary alicyclic amines) is 1. The molecule has 0 saturated carbocycles. The van der Waals surface area contributed by atoms with E-state index in [1.54, 1.807) is 0 Å². The molecule has 0 aliphatic carbocycles. The summed E-state index contributed by atoms with van der Waals surface area (Å²) in [5.41, 5.74) is 9.45. The number of nitrogens with two attached hydrogens (primary N) is 1. The van der Waals surface area contributed by atoms with E-state index in [0.29, 0.717) is 17.5 Å². The van der Waals surface area contributed by atoms with Crippen LogP contribution in [0.25, 0.3) is 11.0 Å². The molecule has 1 aliphatic rings. The lowest BCUT2D eigenvalue weighted by Gasteiger charge is -2.29. The smallest absolute Gasteiger partial charge is 0.143 e. The molecular formula is C18H22BFN6. The summed E-state index contributed by atoms with van der Waals surface area (Å²) in [7, 11) is 1.87. The van der Waals surface area contributed by atoms with E-state index in [1.165, 1.54) is 18.5 Å². The summed E-state index contributed by atoms with van der Waals surface area (Å²) < 4.78 is 13.7. The van der Waals surface area contributed by atoms with Crippen LogP contribution in [0.3, 0.4) is 0 Å². The first kappa shape index (κ1) is 17.0. The summed E-state index contributed by atoms with van der Waals surface area (Å²) in [6, 6.07) is 5.18. The number of halogens is 1. The van der Waals surface area contributed by atoms with E-state index in [-0.39, 0.29) is 5.82 Å². The number of aromatic nitrogens is 3. The van der Waals surface area contributed by atoms with E-state index in [2.05, 4.69) is 25.2 Å². The highest BCUT2D eigenvalue weighted by atomic mass is 19.1. The van der Waals surface area contributed by atoms with Gasteiger partial charge in [0.2, 0.25) is 0 Å². The number of fused-ring (bicyclic) bond motifs is 1. The van der Waals surface area contributed by atoms with Gasteiger partial charge in [0.05, 0.1) is 5.39 Å². The Morgan fingerprint density at radius 3 is 2.85 bits per heavy atom. The third kappa shape index (κ3) is 3.56. The van der Waals surface area contributed by atoms with Crippen molar-refractivity contribution >= 4 is 35.8 Å². The van der Waals surface area contributed by atoms with Gasteiger partial charge in [0.25, 0.3) is 0 Å². The zero-order valence-electron chi connectivity index (χ0n) is 14.8. The lowest BCUT2D eigenvalue weighted by molar-refractivity contribution is 0.206. The van der Waals surface area contributed by atoms with Gasteiger partial charge in [-0.2, -0.15) is 0 Å². The first-order chi connectivity index (χ1) is 12.6. The lowest BCUT2D eigenvalue weighted by Crippen LogP contribution is -2.39. The Morgan fingerprint density at radius 2 is 2.08 bits per heavy atom. The zero-order chi connectivity index (χ0) is 18.1. The second-order valence-electron chi connectivity index (χ2n) is 7.02. The van der Waals surface area contributed by atoms with Crippen LogP contribution >= 0.6 is 0 Å². The number of hydrogen-bond acceptors (Lipinski definition) is 5. The van der Waals surface area contributed by atoms with Gasteiger partial charge in [0.1, 0.15) is 31.5 Å². The van der Waals surface area contributed by atoms with Crippen LogP contribution in [0.15, 0.2) is 30.7 Å². The predicted molar refractivity (Wildman–Crippen MR) is 104 cm³/mol. The maximum Gasteiger partial charge on any atom is 0.143 e. The van der Waals surface area contributed by atoms with Gasteiger partial charge in [-0.25, -0.2) is 14.4 Å². The van der Waals surface area contributed by atoms with Crippen molar-refractivity contribution in [2.75, 3.05) is 18.4 Å². The molecule has 134 valence electrons. The van der Waals surface area contributed by atoms with Gasteiger partial charge in [-0.05, 0) is 49.7 Å². The molecule has 0 amide bonds. The van der Waals surface area contributed by atoms with Gasteiger partial charge in [0.15, 0.2) is 0 Å². The third-order valence-corrected chi connectivity index (χ3v) is 4.88. The molecule has 0 bridgehead atoms. The topological polar surface area (TPSA) is 82.9 Å². The number of rotatable bonds is 4. The molecule has 3 aromatic rings. The molecule has 0 spiro atoms. The summed E-state index contributed by atoms with van der Waals surface area (Å²) >= 11 is 0. The molecule has 1 saturated heterocycles. The summed E-state index contributed by atoms with van der Waals surface area (Å²) in [6.45, 7) is 2.80. The van der Waals surface area contributed by atoms with Crippen molar-refractivity contribution in [3.8, 4) is 0 Å². The Balaban J connectivity index is 1.63. The Hall–Kier alpha value is -2.45. The Labute approximate surface area is 152 Å². The van der Waals surface area contributed by atoms with E-state index >= 15 is 0 Å². The van der Waals surface area contributed by atoms with E-state index < -0.39 is 0 Å². The molecule has 2 aromatic heterocycles. The highest BCUT2D eigenvalue weighted by Gasteiger charge is 2.19. The maximum absolute atomic E-state index is 13.7. The summed E-state index contributed by atoms with van der Waals surface area (Å²) in [4.78, 5) is 14.3. The average Bonchev–Trinajstić information content (AvgIpc) is 3.00. The van der Waals surface area contributed by atoms with Crippen LogP contribution in [0, 0.1) is 5.82 Å². The fraction of sp³-hybridized carbons (Fsp3) is 0.333. The van der Waals surface area contributed by atoms with Gasteiger partial charge >= 0.3 is 0 Å². The second-order valence-corrected chi connectivity index (χ2v) is 7.02. The number of H-pyrrole nitrogens is 1. The zero-order valence-corrected chi connectivity index (χ0v) is 14.8. The van der Waals surface area contributed by atoms with E-state index in [4.69, 9.17) is 5.73 Å². The minimum absolute atomic E-state index is 0.267. The molecule has 1 aromatic carbocycles. The fourth-order valence-corrected chi connectivity index (χ4v) is 3.54. The average molecular weight is 352 g/mol. The SMILES string of the molecule is Bc1cc(F)cc(Nc2ncnc3[nH]cc(CN4CCC(N)CC4)c23)c1. The summed E-state index contributed by atoms with van der Waals surface area (Å²) in [5.74, 6) is 0.418. The maximum atomic E-state index is 13.7. The number of aromatic amines is 1. The first-order valence-corrected chi connectivity index (χ1v) is 8.91. The molecule has 8 heteroatoms. The molecule has 0 radical (unpaired) electrons. The van der Waals surface area contributed by atoms with Crippen molar-refractivity contribution in [1.29, 1.82) is 0 Å². The van der Waals surface area contributed by atoms with Crippen molar-refractivity contribution in [2.45, 2.75) is 25.4 Å². The number of nitrogens with zero attached hydrogens (tertiary/aromatic N) is 3. The monoisotopic (exact) mass is 352 g/mol. The van der Waals surface area contributed by atoms with Crippen LogP contribution in [0.1, 0.15) is 18.4 Å². The summed E-state index contributed by atoms with van der Waals surface area (Å²) in [5, 5.41) is 4.20. The molecule has 3 heterocycles. The minimum atomic E-state index is -0.267. The molecule has 1 aliphatic heterocycles. The van der Waals surface area contributed by atoms with Gasteiger partial charge in [-0.3, -0.25) is 4.90 Å². The number of benzene rings is 1. The van der Waals surface area contributed by atoms with Gasteiger partial charge < -0.3 is 16.0 Å². The van der Waals surface area contributed by atoms with E-state index in [9.17, 15) is 4.39 Å². The van der Waals surface area contributed by atoms with Crippen LogP contribution in [0.2, 0.25) is 0 Å². The normalized spacial score (nSPS) is 16.2. The number of nitrogens with one attached hydrogen (secondary N) is 2.